The fourth-order valence-corrected chi connectivity index (χ4v) is 7.27. The molecule has 1 aromatic rings. The van der Waals surface area contributed by atoms with Crippen LogP contribution in [-0.2, 0) is 15.0 Å². The van der Waals surface area contributed by atoms with Crippen LogP contribution in [0.1, 0.15) is 51.0 Å². The molecule has 4 aliphatic rings. The highest BCUT2D eigenvalue weighted by Crippen LogP contribution is 2.79. The standard InChI is InChI=1S/C23H26O3/c1-21-11-3-4-12-22(21)13-14-23(21,15-5-7-16(26-2)8-6-15)20-18(25)10-9-17(24)19(20)22/h5-8,13-14,19-20H,3-4,9-12H2,1-2H3/t19-,20+,21-,22-,23+/m0/s1. The predicted molar refractivity (Wildman–Crippen MR) is 99.0 cm³/mol. The van der Waals surface area contributed by atoms with Gasteiger partial charge in [-0.1, -0.05) is 44.1 Å². The average Bonchev–Trinajstić information content (AvgIpc) is 3.06. The Morgan fingerprint density at radius 1 is 0.923 bits per heavy atom. The minimum absolute atomic E-state index is 0.0577. The molecule has 3 saturated carbocycles. The lowest BCUT2D eigenvalue weighted by Crippen LogP contribution is -2.47. The van der Waals surface area contributed by atoms with Crippen LogP contribution in [0, 0.1) is 22.7 Å². The lowest BCUT2D eigenvalue weighted by Gasteiger charge is -2.50. The summed E-state index contributed by atoms with van der Waals surface area (Å²) in [7, 11) is 1.67. The van der Waals surface area contributed by atoms with E-state index >= 15 is 0 Å². The molecule has 3 heteroatoms. The molecule has 0 heterocycles. The lowest BCUT2D eigenvalue weighted by atomic mass is 9.52. The van der Waals surface area contributed by atoms with Crippen molar-refractivity contribution >= 4 is 11.6 Å². The van der Waals surface area contributed by atoms with Crippen LogP contribution >= 0.6 is 0 Å². The Hall–Kier alpha value is -1.90. The van der Waals surface area contributed by atoms with E-state index in [9.17, 15) is 9.59 Å². The number of benzene rings is 1. The van der Waals surface area contributed by atoms with Crippen LogP contribution in [0.5, 0.6) is 5.75 Å². The van der Waals surface area contributed by atoms with Gasteiger partial charge in [0.15, 0.2) is 0 Å². The zero-order chi connectivity index (χ0) is 18.2. The van der Waals surface area contributed by atoms with Crippen molar-refractivity contribution < 1.29 is 14.3 Å². The number of allylic oxidation sites excluding steroid dienone is 2. The lowest BCUT2D eigenvalue weighted by molar-refractivity contribution is -0.140. The third kappa shape index (κ3) is 1.57. The van der Waals surface area contributed by atoms with Crippen LogP contribution in [0.4, 0.5) is 0 Å². The summed E-state index contributed by atoms with van der Waals surface area (Å²) in [5.74, 6) is 1.13. The fourth-order valence-electron chi connectivity index (χ4n) is 7.27. The summed E-state index contributed by atoms with van der Waals surface area (Å²) in [6.45, 7) is 2.36. The van der Waals surface area contributed by atoms with Crippen molar-refractivity contribution in [1.82, 2.24) is 0 Å². The van der Waals surface area contributed by atoms with Gasteiger partial charge in [0.25, 0.3) is 0 Å². The van der Waals surface area contributed by atoms with E-state index in [1.807, 2.05) is 12.1 Å². The maximum absolute atomic E-state index is 13.2. The van der Waals surface area contributed by atoms with Gasteiger partial charge in [-0.05, 0) is 36.0 Å². The molecule has 1 aromatic carbocycles. The summed E-state index contributed by atoms with van der Waals surface area (Å²) < 4.78 is 5.35. The molecule has 0 aromatic heterocycles. The number of Topliss-reactive ketones (excluding diaryl/α,β-unsaturated/α-hetero) is 2. The van der Waals surface area contributed by atoms with Crippen LogP contribution in [0.2, 0.25) is 0 Å². The predicted octanol–water partition coefficient (Wildman–Crippen LogP) is 4.25. The maximum Gasteiger partial charge on any atom is 0.138 e. The normalized spacial score (nSPS) is 43.3. The van der Waals surface area contributed by atoms with Crippen molar-refractivity contribution in [2.75, 3.05) is 7.11 Å². The second-order valence-corrected chi connectivity index (χ2v) is 8.90. The quantitative estimate of drug-likeness (QED) is 0.749. The largest absolute Gasteiger partial charge is 0.497 e. The third-order valence-electron chi connectivity index (χ3n) is 8.36. The molecule has 5 atom stereocenters. The Bertz CT molecular complexity index is 822. The van der Waals surface area contributed by atoms with Crippen LogP contribution in [0.25, 0.3) is 0 Å². The summed E-state index contributed by atoms with van der Waals surface area (Å²) >= 11 is 0. The maximum atomic E-state index is 13.2. The van der Waals surface area contributed by atoms with Gasteiger partial charge in [-0.15, -0.1) is 0 Å². The Labute approximate surface area is 154 Å². The molecule has 5 rings (SSSR count). The Morgan fingerprint density at radius 2 is 1.58 bits per heavy atom. The summed E-state index contributed by atoms with van der Waals surface area (Å²) in [5.41, 5.74) is 0.634. The number of rotatable bonds is 2. The van der Waals surface area contributed by atoms with Gasteiger partial charge in [-0.3, -0.25) is 9.59 Å². The van der Waals surface area contributed by atoms with E-state index in [0.717, 1.165) is 25.0 Å². The Balaban J connectivity index is 1.78. The highest BCUT2D eigenvalue weighted by atomic mass is 16.5. The van der Waals surface area contributed by atoms with Crippen molar-refractivity contribution in [2.24, 2.45) is 22.7 Å². The van der Waals surface area contributed by atoms with Crippen LogP contribution in [0.15, 0.2) is 36.4 Å². The van der Waals surface area contributed by atoms with Gasteiger partial charge in [-0.2, -0.15) is 0 Å². The summed E-state index contributed by atoms with van der Waals surface area (Å²) in [6.07, 6.45) is 9.97. The van der Waals surface area contributed by atoms with Gasteiger partial charge in [0, 0.05) is 35.5 Å². The van der Waals surface area contributed by atoms with Crippen molar-refractivity contribution in [3.63, 3.8) is 0 Å². The second-order valence-electron chi connectivity index (χ2n) is 8.90. The van der Waals surface area contributed by atoms with E-state index in [0.29, 0.717) is 24.4 Å². The van der Waals surface area contributed by atoms with Crippen molar-refractivity contribution in [3.05, 3.63) is 42.0 Å². The van der Waals surface area contributed by atoms with E-state index < -0.39 is 0 Å². The van der Waals surface area contributed by atoms with Crippen LogP contribution < -0.4 is 4.74 Å². The molecule has 0 amide bonds. The van der Waals surface area contributed by atoms with E-state index in [1.54, 1.807) is 7.11 Å². The van der Waals surface area contributed by atoms with Gasteiger partial charge in [0.1, 0.15) is 17.3 Å². The van der Waals surface area contributed by atoms with Gasteiger partial charge in [-0.25, -0.2) is 0 Å². The molecule has 0 spiro atoms. The molecule has 3 nitrogen and oxygen atoms in total. The number of ether oxygens (including phenoxy) is 1. The molecule has 2 bridgehead atoms. The molecule has 0 N–H and O–H groups in total. The molecular weight excluding hydrogens is 324 g/mol. The van der Waals surface area contributed by atoms with Gasteiger partial charge >= 0.3 is 0 Å². The van der Waals surface area contributed by atoms with Crippen molar-refractivity contribution in [1.29, 1.82) is 0 Å². The molecule has 136 valence electrons. The Kier molecular flexibility index (Phi) is 3.19. The SMILES string of the molecule is COc1ccc([C@@]23C=C[C@@]4(CCCC[C@@]42C)[C@H]2C(=O)CCC(=O)[C@H]23)cc1. The van der Waals surface area contributed by atoms with Crippen molar-refractivity contribution in [2.45, 2.75) is 50.9 Å². The topological polar surface area (TPSA) is 43.4 Å². The summed E-state index contributed by atoms with van der Waals surface area (Å²) in [5, 5.41) is 0. The number of carbonyl (C=O) groups excluding carboxylic acids is 2. The monoisotopic (exact) mass is 350 g/mol. The number of hydrogen-bond donors (Lipinski definition) is 0. The van der Waals surface area contributed by atoms with E-state index in [4.69, 9.17) is 4.74 Å². The molecule has 4 aliphatic carbocycles. The van der Waals surface area contributed by atoms with Gasteiger partial charge < -0.3 is 4.74 Å². The Morgan fingerprint density at radius 3 is 2.27 bits per heavy atom. The first-order valence-corrected chi connectivity index (χ1v) is 9.90. The molecule has 3 fully saturated rings. The number of carbonyl (C=O) groups is 2. The fraction of sp³-hybridized carbons (Fsp3) is 0.565. The summed E-state index contributed by atoms with van der Waals surface area (Å²) in [6, 6.07) is 8.22. The van der Waals surface area contributed by atoms with E-state index in [1.165, 1.54) is 12.0 Å². The first-order chi connectivity index (χ1) is 12.5. The number of fused-ring (bicyclic) bond motifs is 2. The van der Waals surface area contributed by atoms with Gasteiger partial charge in [0.2, 0.25) is 0 Å². The first kappa shape index (κ1) is 16.3. The second kappa shape index (κ2) is 5.09. The highest BCUT2D eigenvalue weighted by molar-refractivity contribution is 6.00. The van der Waals surface area contributed by atoms with Gasteiger partial charge in [0.05, 0.1) is 7.11 Å². The third-order valence-corrected chi connectivity index (χ3v) is 8.36. The average molecular weight is 350 g/mol. The summed E-state index contributed by atoms with van der Waals surface area (Å²) in [4.78, 5) is 26.3. The molecule has 26 heavy (non-hydrogen) atoms. The zero-order valence-electron chi connectivity index (χ0n) is 15.6. The molecular formula is C23H26O3. The number of hydrogen-bond acceptors (Lipinski definition) is 3. The minimum atomic E-state index is -0.350. The zero-order valence-corrected chi connectivity index (χ0v) is 15.6. The molecule has 0 aliphatic heterocycles. The minimum Gasteiger partial charge on any atom is -0.497 e. The van der Waals surface area contributed by atoms with E-state index in [2.05, 4.69) is 31.2 Å². The van der Waals surface area contributed by atoms with E-state index in [-0.39, 0.29) is 28.1 Å². The van der Waals surface area contributed by atoms with Crippen molar-refractivity contribution in [3.8, 4) is 5.75 Å². The smallest absolute Gasteiger partial charge is 0.138 e. The highest BCUT2D eigenvalue weighted by Gasteiger charge is 2.78. The molecule has 0 unspecified atom stereocenters. The molecule has 0 radical (unpaired) electrons. The number of methoxy groups -OCH3 is 1. The van der Waals surface area contributed by atoms with Crippen LogP contribution in [0.3, 0.4) is 0 Å². The van der Waals surface area contributed by atoms with Crippen LogP contribution in [-0.4, -0.2) is 18.7 Å². The molecule has 0 saturated heterocycles. The number of ketones is 2. The first-order valence-electron chi connectivity index (χ1n) is 9.90.